The molecule has 0 aromatic carbocycles. The summed E-state index contributed by atoms with van der Waals surface area (Å²) in [5, 5.41) is 0. The fraction of sp³-hybridized carbons (Fsp3) is 0.857. The molecule has 2 atom stereocenters. The lowest BCUT2D eigenvalue weighted by Crippen LogP contribution is -2.35. The lowest BCUT2D eigenvalue weighted by Gasteiger charge is -2.24. The molecule has 1 amide bonds. The molecule has 0 aliphatic carbocycles. The number of ether oxygens (including phenoxy) is 1. The molecular formula is C14H26N2O3S. The van der Waals surface area contributed by atoms with Gasteiger partial charge in [0.25, 0.3) is 0 Å². The Hall–Kier alpha value is -0.750. The molecule has 0 unspecified atom stereocenters. The predicted octanol–water partition coefficient (Wildman–Crippen LogP) is 2.78. The van der Waals surface area contributed by atoms with Gasteiger partial charge in [-0.05, 0) is 48.0 Å². The van der Waals surface area contributed by atoms with E-state index in [9.17, 15) is 9.35 Å². The molecule has 5 nitrogen and oxygen atoms in total. The van der Waals surface area contributed by atoms with Crippen LogP contribution in [0.1, 0.15) is 48.0 Å². The second-order valence-corrected chi connectivity index (χ2v) is 9.02. The maximum atomic E-state index is 11.9. The van der Waals surface area contributed by atoms with Gasteiger partial charge in [-0.15, -0.1) is 0 Å². The molecule has 1 heterocycles. The summed E-state index contributed by atoms with van der Waals surface area (Å²) in [6.45, 7) is 12.5. The van der Waals surface area contributed by atoms with Crippen LogP contribution in [0.3, 0.4) is 0 Å². The maximum Gasteiger partial charge on any atom is 0.410 e. The van der Waals surface area contributed by atoms with E-state index in [1.807, 2.05) is 41.5 Å². The summed E-state index contributed by atoms with van der Waals surface area (Å²) in [6, 6.07) is 0. The Morgan fingerprint density at radius 3 is 2.45 bits per heavy atom. The highest BCUT2D eigenvalue weighted by atomic mass is 32.2. The highest BCUT2D eigenvalue weighted by Crippen LogP contribution is 2.20. The van der Waals surface area contributed by atoms with Crippen LogP contribution in [-0.2, 0) is 16.1 Å². The Labute approximate surface area is 125 Å². The Bertz CT molecular complexity index is 372. The molecule has 0 bridgehead atoms. The maximum absolute atomic E-state index is 11.9. The summed E-state index contributed by atoms with van der Waals surface area (Å²) in [6.07, 6.45) is 2.28. The Balaban J connectivity index is 2.48. The number of likely N-dealkylation sites (tertiary alicyclic amines) is 1. The summed E-state index contributed by atoms with van der Waals surface area (Å²) in [4.78, 5) is 13.6. The van der Waals surface area contributed by atoms with E-state index in [-0.39, 0.29) is 16.8 Å². The molecule has 1 aliphatic rings. The second kappa shape index (κ2) is 6.35. The molecule has 1 aliphatic heterocycles. The molecule has 20 heavy (non-hydrogen) atoms. The first-order valence-corrected chi connectivity index (χ1v) is 8.04. The molecule has 1 rings (SSSR count). The van der Waals surface area contributed by atoms with Gasteiger partial charge in [-0.2, -0.15) is 0 Å². The molecule has 1 fully saturated rings. The predicted molar refractivity (Wildman–Crippen MR) is 82.3 cm³/mol. The largest absolute Gasteiger partial charge is 0.591 e. The van der Waals surface area contributed by atoms with Gasteiger partial charge in [-0.25, -0.2) is 4.79 Å². The zero-order chi connectivity index (χ0) is 15.6. The fourth-order valence-corrected chi connectivity index (χ4v) is 2.30. The van der Waals surface area contributed by atoms with Crippen molar-refractivity contribution in [1.82, 2.24) is 4.90 Å². The van der Waals surface area contributed by atoms with Gasteiger partial charge in [0, 0.05) is 19.0 Å². The summed E-state index contributed by atoms with van der Waals surface area (Å²) in [7, 11) is 0. The van der Waals surface area contributed by atoms with Gasteiger partial charge in [-0.1, -0.05) is 4.40 Å². The Morgan fingerprint density at radius 2 is 1.95 bits per heavy atom. The smallest absolute Gasteiger partial charge is 0.410 e. The van der Waals surface area contributed by atoms with Crippen LogP contribution in [-0.4, -0.2) is 45.2 Å². The van der Waals surface area contributed by atoms with Crippen molar-refractivity contribution in [1.29, 1.82) is 0 Å². The van der Waals surface area contributed by atoms with Crippen LogP contribution >= 0.6 is 0 Å². The van der Waals surface area contributed by atoms with Crippen LogP contribution in [0.2, 0.25) is 0 Å². The van der Waals surface area contributed by atoms with Gasteiger partial charge in [0.1, 0.15) is 21.7 Å². The Kier molecular flexibility index (Phi) is 5.49. The number of hydrogen-bond donors (Lipinski definition) is 0. The van der Waals surface area contributed by atoms with E-state index in [1.165, 1.54) is 0 Å². The Morgan fingerprint density at radius 1 is 1.35 bits per heavy atom. The average Bonchev–Trinajstić information content (AvgIpc) is 2.70. The van der Waals surface area contributed by atoms with Gasteiger partial charge in [0.15, 0.2) is 0 Å². The first kappa shape index (κ1) is 17.3. The lowest BCUT2D eigenvalue weighted by atomic mass is 10.1. The normalized spacial score (nSPS) is 22.4. The van der Waals surface area contributed by atoms with E-state index >= 15 is 0 Å². The van der Waals surface area contributed by atoms with Gasteiger partial charge in [0.05, 0.1) is 6.21 Å². The van der Waals surface area contributed by atoms with Crippen LogP contribution in [0.4, 0.5) is 4.79 Å². The summed E-state index contributed by atoms with van der Waals surface area (Å²) >= 11 is -1.24. The number of nitrogens with zero attached hydrogens (tertiary/aromatic N) is 2. The number of amides is 1. The minimum Gasteiger partial charge on any atom is -0.591 e. The van der Waals surface area contributed by atoms with Gasteiger partial charge in [-0.3, -0.25) is 0 Å². The first-order chi connectivity index (χ1) is 8.99. The molecule has 0 spiro atoms. The van der Waals surface area contributed by atoms with Crippen molar-refractivity contribution < 1.29 is 14.1 Å². The summed E-state index contributed by atoms with van der Waals surface area (Å²) in [5.74, 6) is 0.161. The molecule has 6 heteroatoms. The van der Waals surface area contributed by atoms with Crippen LogP contribution in [0.15, 0.2) is 4.40 Å². The third kappa shape index (κ3) is 5.71. The zero-order valence-corrected chi connectivity index (χ0v) is 14.1. The van der Waals surface area contributed by atoms with E-state index in [2.05, 4.69) is 4.40 Å². The molecular weight excluding hydrogens is 276 g/mol. The van der Waals surface area contributed by atoms with Crippen molar-refractivity contribution in [3.63, 3.8) is 0 Å². The molecule has 0 radical (unpaired) electrons. The van der Waals surface area contributed by atoms with Gasteiger partial charge >= 0.3 is 6.09 Å². The third-order valence-electron chi connectivity index (χ3n) is 2.77. The first-order valence-electron chi connectivity index (χ1n) is 6.93. The molecule has 0 aromatic rings. The van der Waals surface area contributed by atoms with E-state index in [0.29, 0.717) is 13.1 Å². The van der Waals surface area contributed by atoms with Gasteiger partial charge in [0.2, 0.25) is 0 Å². The molecule has 0 N–H and O–H groups in total. The fourth-order valence-electron chi connectivity index (χ4n) is 1.70. The third-order valence-corrected chi connectivity index (χ3v) is 4.13. The topological polar surface area (TPSA) is 65.0 Å². The molecule has 116 valence electrons. The molecule has 1 saturated heterocycles. The van der Waals surface area contributed by atoms with E-state index < -0.39 is 17.0 Å². The van der Waals surface area contributed by atoms with Crippen molar-refractivity contribution in [2.75, 3.05) is 13.1 Å². The number of rotatable bonds is 2. The zero-order valence-electron chi connectivity index (χ0n) is 13.3. The van der Waals surface area contributed by atoms with E-state index in [1.54, 1.807) is 11.1 Å². The van der Waals surface area contributed by atoms with Crippen molar-refractivity contribution in [2.45, 2.75) is 58.3 Å². The lowest BCUT2D eigenvalue weighted by molar-refractivity contribution is 0.0292. The standard InChI is InChI=1S/C14H26N2O3S/c1-13(2,3)19-12(17)16-8-7-11(10-16)9-15-20(18)14(4,5)6/h9,11H,7-8,10H2,1-6H3/t11-,20+/m0/s1. The van der Waals surface area contributed by atoms with Gasteiger partial charge < -0.3 is 14.2 Å². The molecule has 0 aromatic heterocycles. The summed E-state index contributed by atoms with van der Waals surface area (Å²) in [5.41, 5.74) is -0.475. The minimum absolute atomic E-state index is 0.161. The van der Waals surface area contributed by atoms with Crippen LogP contribution in [0.5, 0.6) is 0 Å². The van der Waals surface area contributed by atoms with Crippen LogP contribution in [0, 0.1) is 5.92 Å². The monoisotopic (exact) mass is 302 g/mol. The molecule has 0 saturated carbocycles. The number of carbonyl (C=O) groups is 1. The van der Waals surface area contributed by atoms with Crippen molar-refractivity contribution in [2.24, 2.45) is 10.3 Å². The van der Waals surface area contributed by atoms with Crippen LogP contribution in [0.25, 0.3) is 0 Å². The second-order valence-electron chi connectivity index (χ2n) is 7.09. The SMILES string of the molecule is CC(C)(C)OC(=O)N1CC[C@@H](C=N[S@+]([O-])C(C)(C)C)C1. The highest BCUT2D eigenvalue weighted by Gasteiger charge is 2.30. The van der Waals surface area contributed by atoms with Crippen molar-refractivity contribution >= 4 is 23.7 Å². The van der Waals surface area contributed by atoms with Crippen molar-refractivity contribution in [3.8, 4) is 0 Å². The van der Waals surface area contributed by atoms with E-state index in [0.717, 1.165) is 6.42 Å². The minimum atomic E-state index is -1.24. The van der Waals surface area contributed by atoms with Crippen molar-refractivity contribution in [3.05, 3.63) is 0 Å². The highest BCUT2D eigenvalue weighted by molar-refractivity contribution is 7.91. The van der Waals surface area contributed by atoms with E-state index in [4.69, 9.17) is 4.74 Å². The number of hydrogen-bond acceptors (Lipinski definition) is 4. The number of carbonyl (C=O) groups excluding carboxylic acids is 1. The summed E-state index contributed by atoms with van der Waals surface area (Å²) < 4.78 is 20.9. The average molecular weight is 302 g/mol. The quantitative estimate of drug-likeness (QED) is 0.582. The van der Waals surface area contributed by atoms with Crippen LogP contribution < -0.4 is 0 Å².